The zero-order chi connectivity index (χ0) is 12.0. The van der Waals surface area contributed by atoms with Crippen molar-refractivity contribution < 1.29 is 9.53 Å². The normalized spacial score (nSPS) is 10.1. The third kappa shape index (κ3) is 4.20. The van der Waals surface area contributed by atoms with Gasteiger partial charge in [0.05, 0.1) is 6.61 Å². The lowest BCUT2D eigenvalue weighted by molar-refractivity contribution is 0.0922. The van der Waals surface area contributed by atoms with E-state index in [1.165, 1.54) is 0 Å². The molecule has 0 saturated carbocycles. The number of nitrogens with one attached hydrogen (secondary N) is 1. The molecule has 0 saturated heterocycles. The first kappa shape index (κ1) is 13.0. The number of hydrogen-bond donors (Lipinski definition) is 2. The van der Waals surface area contributed by atoms with Crippen molar-refractivity contribution in [3.8, 4) is 0 Å². The molecule has 0 bridgehead atoms. The molecule has 1 rings (SSSR count). The van der Waals surface area contributed by atoms with Gasteiger partial charge in [-0.2, -0.15) is 0 Å². The first-order chi connectivity index (χ1) is 7.63. The van der Waals surface area contributed by atoms with Gasteiger partial charge in [0, 0.05) is 28.9 Å². The summed E-state index contributed by atoms with van der Waals surface area (Å²) >= 11 is 3.29. The number of carbonyl (C=O) groups is 1. The maximum atomic E-state index is 11.7. The zero-order valence-electron chi connectivity index (χ0n) is 9.13. The zero-order valence-corrected chi connectivity index (χ0v) is 10.7. The van der Waals surface area contributed by atoms with Crippen LogP contribution in [0.25, 0.3) is 0 Å². The van der Waals surface area contributed by atoms with Crippen LogP contribution in [0.15, 0.2) is 22.7 Å². The molecule has 0 spiro atoms. The fourth-order valence-corrected chi connectivity index (χ4v) is 1.74. The van der Waals surface area contributed by atoms with Crippen molar-refractivity contribution in [2.75, 3.05) is 25.5 Å². The second-order valence-corrected chi connectivity index (χ2v) is 4.14. The van der Waals surface area contributed by atoms with E-state index in [2.05, 4.69) is 21.2 Å². The van der Waals surface area contributed by atoms with Gasteiger partial charge in [0.25, 0.3) is 5.91 Å². The Morgan fingerprint density at radius 3 is 2.88 bits per heavy atom. The van der Waals surface area contributed by atoms with E-state index >= 15 is 0 Å². The van der Waals surface area contributed by atoms with E-state index in [1.54, 1.807) is 18.2 Å². The predicted molar refractivity (Wildman–Crippen MR) is 67.4 cm³/mol. The maximum absolute atomic E-state index is 11.7. The number of rotatable bonds is 5. The molecule has 1 aromatic carbocycles. The molecule has 0 radical (unpaired) electrons. The number of ether oxygens (including phenoxy) is 1. The lowest BCUT2D eigenvalue weighted by Crippen LogP contribution is -2.27. The third-order valence-electron chi connectivity index (χ3n) is 1.92. The van der Waals surface area contributed by atoms with E-state index < -0.39 is 0 Å². The van der Waals surface area contributed by atoms with Crippen LogP contribution in [-0.2, 0) is 4.74 Å². The Labute approximate surface area is 103 Å². The highest BCUT2D eigenvalue weighted by atomic mass is 79.9. The topological polar surface area (TPSA) is 64.3 Å². The molecule has 1 aromatic rings. The molecule has 0 aliphatic rings. The summed E-state index contributed by atoms with van der Waals surface area (Å²) in [5, 5.41) is 2.75. The summed E-state index contributed by atoms with van der Waals surface area (Å²) in [6.07, 6.45) is 0. The molecular weight excluding hydrogens is 272 g/mol. The van der Waals surface area contributed by atoms with Crippen molar-refractivity contribution in [1.82, 2.24) is 5.32 Å². The Morgan fingerprint density at radius 2 is 2.25 bits per heavy atom. The number of nitrogen functional groups attached to an aromatic ring is 1. The fourth-order valence-electron chi connectivity index (χ4n) is 1.23. The summed E-state index contributed by atoms with van der Waals surface area (Å²) in [5.74, 6) is -0.146. The minimum Gasteiger partial charge on any atom is -0.399 e. The van der Waals surface area contributed by atoms with E-state index in [1.807, 2.05) is 6.92 Å². The maximum Gasteiger partial charge on any atom is 0.251 e. The SMILES string of the molecule is CCOCCNC(=O)c1cc(N)cc(Br)c1. The number of carbonyl (C=O) groups excluding carboxylic acids is 1. The molecular formula is C11H15BrN2O2. The molecule has 0 unspecified atom stereocenters. The van der Waals surface area contributed by atoms with Crippen LogP contribution >= 0.6 is 15.9 Å². The van der Waals surface area contributed by atoms with E-state index in [-0.39, 0.29) is 5.91 Å². The van der Waals surface area contributed by atoms with Crippen LogP contribution in [0.2, 0.25) is 0 Å². The summed E-state index contributed by atoms with van der Waals surface area (Å²) in [4.78, 5) is 11.7. The molecule has 0 aliphatic carbocycles. The standard InChI is InChI=1S/C11H15BrN2O2/c1-2-16-4-3-14-11(15)8-5-9(12)7-10(13)6-8/h5-7H,2-4,13H2,1H3,(H,14,15). The van der Waals surface area contributed by atoms with Gasteiger partial charge >= 0.3 is 0 Å². The number of benzene rings is 1. The van der Waals surface area contributed by atoms with Gasteiger partial charge in [-0.25, -0.2) is 0 Å². The number of anilines is 1. The van der Waals surface area contributed by atoms with Gasteiger partial charge < -0.3 is 15.8 Å². The quantitative estimate of drug-likeness (QED) is 0.641. The van der Waals surface area contributed by atoms with Crippen LogP contribution in [0.4, 0.5) is 5.69 Å². The molecule has 4 nitrogen and oxygen atoms in total. The Morgan fingerprint density at radius 1 is 1.50 bits per heavy atom. The smallest absolute Gasteiger partial charge is 0.251 e. The van der Waals surface area contributed by atoms with Gasteiger partial charge in [-0.3, -0.25) is 4.79 Å². The summed E-state index contributed by atoms with van der Waals surface area (Å²) in [5.41, 5.74) is 6.74. The number of halogens is 1. The minimum absolute atomic E-state index is 0.146. The highest BCUT2D eigenvalue weighted by molar-refractivity contribution is 9.10. The first-order valence-corrected chi connectivity index (χ1v) is 5.84. The fraction of sp³-hybridized carbons (Fsp3) is 0.364. The molecule has 0 atom stereocenters. The molecule has 16 heavy (non-hydrogen) atoms. The molecule has 0 heterocycles. The van der Waals surface area contributed by atoms with E-state index in [9.17, 15) is 4.79 Å². The van der Waals surface area contributed by atoms with Gasteiger partial charge in [-0.05, 0) is 25.1 Å². The van der Waals surface area contributed by atoms with Gasteiger partial charge in [-0.1, -0.05) is 15.9 Å². The lowest BCUT2D eigenvalue weighted by Gasteiger charge is -2.06. The van der Waals surface area contributed by atoms with Crippen LogP contribution in [0.5, 0.6) is 0 Å². The Balaban J connectivity index is 2.52. The first-order valence-electron chi connectivity index (χ1n) is 5.05. The lowest BCUT2D eigenvalue weighted by atomic mass is 10.2. The molecule has 0 aliphatic heterocycles. The average Bonchev–Trinajstić information content (AvgIpc) is 2.22. The van der Waals surface area contributed by atoms with Crippen LogP contribution < -0.4 is 11.1 Å². The summed E-state index contributed by atoms with van der Waals surface area (Å²) < 4.78 is 5.91. The second kappa shape index (κ2) is 6.50. The van der Waals surface area contributed by atoms with Crippen molar-refractivity contribution in [3.05, 3.63) is 28.2 Å². The van der Waals surface area contributed by atoms with E-state index in [0.29, 0.717) is 31.0 Å². The molecule has 0 aromatic heterocycles. The van der Waals surface area contributed by atoms with Crippen LogP contribution in [0.3, 0.4) is 0 Å². The highest BCUT2D eigenvalue weighted by Gasteiger charge is 2.06. The van der Waals surface area contributed by atoms with Gasteiger partial charge in [-0.15, -0.1) is 0 Å². The van der Waals surface area contributed by atoms with Gasteiger partial charge in [0.15, 0.2) is 0 Å². The Kier molecular flexibility index (Phi) is 5.28. The van der Waals surface area contributed by atoms with Crippen molar-refractivity contribution in [2.45, 2.75) is 6.92 Å². The van der Waals surface area contributed by atoms with E-state index in [0.717, 1.165) is 4.47 Å². The van der Waals surface area contributed by atoms with Gasteiger partial charge in [0.1, 0.15) is 0 Å². The number of nitrogens with two attached hydrogens (primary N) is 1. The Bertz CT molecular complexity index is 349. The summed E-state index contributed by atoms with van der Waals surface area (Å²) in [6.45, 7) is 3.58. The number of amides is 1. The van der Waals surface area contributed by atoms with E-state index in [4.69, 9.17) is 10.5 Å². The molecule has 88 valence electrons. The third-order valence-corrected chi connectivity index (χ3v) is 2.38. The minimum atomic E-state index is -0.146. The summed E-state index contributed by atoms with van der Waals surface area (Å²) in [7, 11) is 0. The second-order valence-electron chi connectivity index (χ2n) is 3.23. The van der Waals surface area contributed by atoms with Crippen molar-refractivity contribution in [1.29, 1.82) is 0 Å². The molecule has 5 heteroatoms. The highest BCUT2D eigenvalue weighted by Crippen LogP contribution is 2.17. The van der Waals surface area contributed by atoms with Gasteiger partial charge in [0.2, 0.25) is 0 Å². The molecule has 0 fully saturated rings. The largest absolute Gasteiger partial charge is 0.399 e. The summed E-state index contributed by atoms with van der Waals surface area (Å²) in [6, 6.07) is 5.12. The Hall–Kier alpha value is -1.07. The van der Waals surface area contributed by atoms with Crippen molar-refractivity contribution >= 4 is 27.5 Å². The van der Waals surface area contributed by atoms with Crippen LogP contribution in [0, 0.1) is 0 Å². The predicted octanol–water partition coefficient (Wildman–Crippen LogP) is 1.80. The molecule has 3 N–H and O–H groups in total. The van der Waals surface area contributed by atoms with Crippen LogP contribution in [-0.4, -0.2) is 25.7 Å². The number of hydrogen-bond acceptors (Lipinski definition) is 3. The van der Waals surface area contributed by atoms with Crippen molar-refractivity contribution in [3.63, 3.8) is 0 Å². The monoisotopic (exact) mass is 286 g/mol. The van der Waals surface area contributed by atoms with Crippen molar-refractivity contribution in [2.24, 2.45) is 0 Å². The van der Waals surface area contributed by atoms with Crippen LogP contribution in [0.1, 0.15) is 17.3 Å². The molecule has 1 amide bonds. The average molecular weight is 287 g/mol.